The van der Waals surface area contributed by atoms with Crippen molar-refractivity contribution in [3.63, 3.8) is 0 Å². The first-order valence-electron chi connectivity index (χ1n) is 5.97. The van der Waals surface area contributed by atoms with Gasteiger partial charge in [-0.05, 0) is 31.1 Å². The van der Waals surface area contributed by atoms with Crippen molar-refractivity contribution in [1.82, 2.24) is 0 Å². The molecule has 2 rings (SSSR count). The van der Waals surface area contributed by atoms with Gasteiger partial charge in [0.1, 0.15) is 5.78 Å². The van der Waals surface area contributed by atoms with Gasteiger partial charge in [0.2, 0.25) is 0 Å². The van der Waals surface area contributed by atoms with Crippen molar-refractivity contribution in [2.24, 2.45) is 22.7 Å². The van der Waals surface area contributed by atoms with E-state index in [-0.39, 0.29) is 22.7 Å². The van der Waals surface area contributed by atoms with Crippen LogP contribution in [0, 0.1) is 22.7 Å². The smallest absolute Gasteiger partial charge is 0.140 e. The summed E-state index contributed by atoms with van der Waals surface area (Å²) < 4.78 is 0. The van der Waals surface area contributed by atoms with E-state index >= 15 is 0 Å². The highest BCUT2D eigenvalue weighted by Gasteiger charge is 2.58. The second-order valence-corrected chi connectivity index (χ2v) is 6.11. The Labute approximate surface area is 92.9 Å². The van der Waals surface area contributed by atoms with Crippen LogP contribution in [0.5, 0.6) is 0 Å². The number of carbonyl (C=O) groups excluding carboxylic acids is 1. The quantitative estimate of drug-likeness (QED) is 0.553. The monoisotopic (exact) mass is 206 g/mol. The van der Waals surface area contributed by atoms with Gasteiger partial charge in [-0.2, -0.15) is 0 Å². The Morgan fingerprint density at radius 1 is 1.00 bits per heavy atom. The van der Waals surface area contributed by atoms with Crippen molar-refractivity contribution in [2.75, 3.05) is 0 Å². The summed E-state index contributed by atoms with van der Waals surface area (Å²) >= 11 is 0. The number of ketones is 1. The molecular formula is C14H22O. The number of hydrogen-bond acceptors (Lipinski definition) is 1. The zero-order chi connectivity index (χ0) is 11.6. The molecule has 0 aromatic heterocycles. The fourth-order valence-corrected chi connectivity index (χ4v) is 3.84. The number of allylic oxidation sites excluding steroid dienone is 2. The van der Waals surface area contributed by atoms with Gasteiger partial charge in [0.25, 0.3) is 0 Å². The minimum Gasteiger partial charge on any atom is -0.299 e. The van der Waals surface area contributed by atoms with Gasteiger partial charge in [0, 0.05) is 11.8 Å². The first-order chi connectivity index (χ1) is 6.75. The van der Waals surface area contributed by atoms with Crippen molar-refractivity contribution < 1.29 is 4.79 Å². The number of fused-ring (bicyclic) bond motifs is 2. The van der Waals surface area contributed by atoms with Crippen molar-refractivity contribution in [3.8, 4) is 0 Å². The van der Waals surface area contributed by atoms with E-state index in [2.05, 4.69) is 41.5 Å². The minimum atomic E-state index is 0.127. The molecule has 0 N–H and O–H groups in total. The van der Waals surface area contributed by atoms with Gasteiger partial charge in [-0.15, -0.1) is 0 Å². The fraction of sp³-hybridized carbons (Fsp3) is 0.786. The Morgan fingerprint density at radius 2 is 1.33 bits per heavy atom. The normalized spacial score (nSPS) is 50.1. The van der Waals surface area contributed by atoms with Crippen LogP contribution in [0.1, 0.15) is 48.0 Å². The Bertz CT molecular complexity index is 334. The van der Waals surface area contributed by atoms with Gasteiger partial charge >= 0.3 is 0 Å². The predicted molar refractivity (Wildman–Crippen MR) is 62.5 cm³/mol. The lowest BCUT2D eigenvalue weighted by Crippen LogP contribution is -2.45. The molecule has 4 atom stereocenters. The van der Waals surface area contributed by atoms with Crippen LogP contribution in [0.15, 0.2) is 11.1 Å². The van der Waals surface area contributed by atoms with E-state index in [0.29, 0.717) is 5.78 Å². The summed E-state index contributed by atoms with van der Waals surface area (Å²) in [5, 5.41) is 0. The van der Waals surface area contributed by atoms with Crippen molar-refractivity contribution in [2.45, 2.75) is 48.0 Å². The number of rotatable bonds is 0. The van der Waals surface area contributed by atoms with Crippen LogP contribution in [-0.2, 0) is 4.79 Å². The lowest BCUT2D eigenvalue weighted by Gasteiger charge is -2.45. The van der Waals surface area contributed by atoms with Crippen LogP contribution in [0.3, 0.4) is 0 Å². The summed E-state index contributed by atoms with van der Waals surface area (Å²) in [6.07, 6.45) is 1.16. The SMILES string of the molecule is CC1=C(C)C2(C)CC1(C)C(C)C(=O)C2C. The van der Waals surface area contributed by atoms with E-state index in [0.717, 1.165) is 6.42 Å². The molecule has 15 heavy (non-hydrogen) atoms. The summed E-state index contributed by atoms with van der Waals surface area (Å²) in [6.45, 7) is 13.2. The van der Waals surface area contributed by atoms with Crippen molar-refractivity contribution in [1.29, 1.82) is 0 Å². The van der Waals surface area contributed by atoms with Crippen LogP contribution in [0.2, 0.25) is 0 Å². The first kappa shape index (κ1) is 10.9. The molecule has 1 fully saturated rings. The molecular weight excluding hydrogens is 184 g/mol. The second-order valence-electron chi connectivity index (χ2n) is 6.11. The van der Waals surface area contributed by atoms with Gasteiger partial charge in [-0.1, -0.05) is 38.8 Å². The lowest BCUT2D eigenvalue weighted by atomic mass is 9.57. The number of Topliss-reactive ketones (excluding diaryl/α,β-unsaturated/α-hetero) is 1. The number of hydrogen-bond donors (Lipinski definition) is 0. The summed E-state index contributed by atoms with van der Waals surface area (Å²) in [4.78, 5) is 12.3. The lowest BCUT2D eigenvalue weighted by molar-refractivity contribution is -0.136. The molecule has 84 valence electrons. The highest BCUT2D eigenvalue weighted by Crippen LogP contribution is 2.63. The van der Waals surface area contributed by atoms with Crippen molar-refractivity contribution in [3.05, 3.63) is 11.1 Å². The van der Waals surface area contributed by atoms with Gasteiger partial charge in [0.15, 0.2) is 0 Å². The van der Waals surface area contributed by atoms with Gasteiger partial charge in [-0.3, -0.25) is 4.79 Å². The predicted octanol–water partition coefficient (Wildman–Crippen LogP) is 3.59. The van der Waals surface area contributed by atoms with Gasteiger partial charge in [-0.25, -0.2) is 0 Å². The largest absolute Gasteiger partial charge is 0.299 e. The third kappa shape index (κ3) is 1.02. The molecule has 1 saturated carbocycles. The average molecular weight is 206 g/mol. The standard InChI is InChI=1S/C14H22O/c1-8-9(2)14(6)7-13(8,5)10(3)12(15)11(14)4/h10-11H,7H2,1-6H3. The summed E-state index contributed by atoms with van der Waals surface area (Å²) in [5.41, 5.74) is 3.19. The van der Waals surface area contributed by atoms with Crippen LogP contribution >= 0.6 is 0 Å². The third-order valence-electron chi connectivity index (χ3n) is 5.78. The maximum absolute atomic E-state index is 12.3. The molecule has 0 heterocycles. The zero-order valence-electron chi connectivity index (χ0n) is 10.8. The first-order valence-corrected chi connectivity index (χ1v) is 5.97. The molecule has 0 saturated heterocycles. The number of carbonyl (C=O) groups is 1. The second kappa shape index (κ2) is 2.75. The van der Waals surface area contributed by atoms with Crippen LogP contribution < -0.4 is 0 Å². The molecule has 0 aliphatic heterocycles. The third-order valence-corrected chi connectivity index (χ3v) is 5.78. The highest BCUT2D eigenvalue weighted by atomic mass is 16.1. The van der Waals surface area contributed by atoms with Crippen LogP contribution in [0.25, 0.3) is 0 Å². The molecule has 1 heteroatoms. The Morgan fingerprint density at radius 3 is 1.67 bits per heavy atom. The summed E-state index contributed by atoms with van der Waals surface area (Å²) in [6, 6.07) is 0. The highest BCUT2D eigenvalue weighted by molar-refractivity contribution is 5.87. The molecule has 0 amide bonds. The van der Waals surface area contributed by atoms with E-state index in [4.69, 9.17) is 0 Å². The molecule has 0 aromatic rings. The van der Waals surface area contributed by atoms with E-state index in [1.54, 1.807) is 0 Å². The van der Waals surface area contributed by atoms with E-state index in [1.165, 1.54) is 11.1 Å². The summed E-state index contributed by atoms with van der Waals surface area (Å²) in [5.74, 6) is 0.846. The molecule has 2 bridgehead atoms. The van der Waals surface area contributed by atoms with Crippen molar-refractivity contribution >= 4 is 5.78 Å². The van der Waals surface area contributed by atoms with E-state index in [9.17, 15) is 4.79 Å². The molecule has 0 spiro atoms. The average Bonchev–Trinajstić information content (AvgIpc) is 2.36. The van der Waals surface area contributed by atoms with E-state index in [1.807, 2.05) is 0 Å². The molecule has 0 radical (unpaired) electrons. The van der Waals surface area contributed by atoms with E-state index < -0.39 is 0 Å². The summed E-state index contributed by atoms with van der Waals surface area (Å²) in [7, 11) is 0. The molecule has 4 unspecified atom stereocenters. The molecule has 1 nitrogen and oxygen atoms in total. The molecule has 2 aliphatic carbocycles. The molecule has 2 aliphatic rings. The van der Waals surface area contributed by atoms with Gasteiger partial charge < -0.3 is 0 Å². The Balaban J connectivity index is 2.63. The Hall–Kier alpha value is -0.590. The topological polar surface area (TPSA) is 17.1 Å². The van der Waals surface area contributed by atoms with Crippen LogP contribution in [0.4, 0.5) is 0 Å². The molecule has 0 aromatic carbocycles. The fourth-order valence-electron chi connectivity index (χ4n) is 3.84. The maximum atomic E-state index is 12.3. The van der Waals surface area contributed by atoms with Crippen LogP contribution in [-0.4, -0.2) is 5.78 Å². The minimum absolute atomic E-state index is 0.127. The maximum Gasteiger partial charge on any atom is 0.140 e. The van der Waals surface area contributed by atoms with Gasteiger partial charge in [0.05, 0.1) is 0 Å². The Kier molecular flexibility index (Phi) is 2.00. The zero-order valence-corrected chi connectivity index (χ0v) is 10.8.